The van der Waals surface area contributed by atoms with Gasteiger partial charge in [-0.15, -0.1) is 0 Å². The van der Waals surface area contributed by atoms with Gasteiger partial charge in [0.2, 0.25) is 6.19 Å². The van der Waals surface area contributed by atoms with Crippen LogP contribution in [0.25, 0.3) is 0 Å². The Morgan fingerprint density at radius 3 is 2.77 bits per heavy atom. The number of nitrogens with zero attached hydrogens (tertiary/aromatic N) is 3. The van der Waals surface area contributed by atoms with Crippen molar-refractivity contribution < 1.29 is 0 Å². The van der Waals surface area contributed by atoms with Gasteiger partial charge in [0, 0.05) is 29.9 Å². The van der Waals surface area contributed by atoms with Crippen LogP contribution in [0.15, 0.2) is 47.6 Å². The maximum absolute atomic E-state index is 8.83. The van der Waals surface area contributed by atoms with Crippen molar-refractivity contribution in [1.82, 2.24) is 10.3 Å². The molecule has 0 aliphatic heterocycles. The molecule has 1 aromatic carbocycles. The molecule has 0 saturated heterocycles. The molecule has 0 fully saturated rings. The predicted molar refractivity (Wildman–Crippen MR) is 88.9 cm³/mol. The summed E-state index contributed by atoms with van der Waals surface area (Å²) in [6, 6.07) is 11.6. The Morgan fingerprint density at radius 1 is 1.27 bits per heavy atom. The molecule has 0 aliphatic carbocycles. The lowest BCUT2D eigenvalue weighted by Gasteiger charge is -2.10. The van der Waals surface area contributed by atoms with Crippen molar-refractivity contribution in [3.05, 3.63) is 64.4 Å². The van der Waals surface area contributed by atoms with Crippen LogP contribution in [0.2, 0.25) is 5.02 Å². The van der Waals surface area contributed by atoms with E-state index in [1.54, 1.807) is 6.20 Å². The van der Waals surface area contributed by atoms with Crippen LogP contribution in [0.4, 0.5) is 0 Å². The highest BCUT2D eigenvalue weighted by atomic mass is 35.5. The van der Waals surface area contributed by atoms with Gasteiger partial charge in [-0.1, -0.05) is 35.9 Å². The molecule has 1 heterocycles. The summed E-state index contributed by atoms with van der Waals surface area (Å²) < 4.78 is 0. The van der Waals surface area contributed by atoms with Crippen LogP contribution < -0.4 is 5.32 Å². The molecule has 1 aromatic heterocycles. The van der Waals surface area contributed by atoms with Gasteiger partial charge in [-0.25, -0.2) is 0 Å². The third kappa shape index (κ3) is 4.57. The maximum atomic E-state index is 8.83. The Morgan fingerprint density at radius 2 is 2.05 bits per heavy atom. The zero-order chi connectivity index (χ0) is 15.8. The normalized spacial score (nSPS) is 11.0. The third-order valence-corrected chi connectivity index (χ3v) is 3.71. The molecule has 1 N–H and O–H groups in total. The first-order chi connectivity index (χ1) is 10.7. The molecule has 0 radical (unpaired) electrons. The molecule has 0 amide bonds. The Balaban J connectivity index is 1.96. The summed E-state index contributed by atoms with van der Waals surface area (Å²) in [6.45, 7) is 2.62. The van der Waals surface area contributed by atoms with Crippen LogP contribution in [-0.2, 0) is 12.8 Å². The fraction of sp³-hybridized carbons (Fsp3) is 0.235. The van der Waals surface area contributed by atoms with Crippen LogP contribution in [0.5, 0.6) is 0 Å². The molecule has 0 bridgehead atoms. The van der Waals surface area contributed by atoms with E-state index in [4.69, 9.17) is 16.9 Å². The molecule has 112 valence electrons. The number of hydrogen-bond acceptors (Lipinski definition) is 3. The minimum atomic E-state index is 0.565. The molecule has 5 heteroatoms. The Labute approximate surface area is 135 Å². The number of hydrogen-bond donors (Lipinski definition) is 1. The number of nitriles is 1. The number of rotatable bonds is 5. The van der Waals surface area contributed by atoms with E-state index in [1.807, 2.05) is 49.5 Å². The van der Waals surface area contributed by atoms with Crippen LogP contribution >= 0.6 is 11.6 Å². The summed E-state index contributed by atoms with van der Waals surface area (Å²) in [7, 11) is 0. The lowest BCUT2D eigenvalue weighted by molar-refractivity contribution is 0.851. The summed E-state index contributed by atoms with van der Waals surface area (Å²) in [5.41, 5.74) is 3.08. The number of aliphatic imine (C=N–C) groups is 1. The molecule has 0 spiro atoms. The fourth-order valence-corrected chi connectivity index (χ4v) is 2.36. The maximum Gasteiger partial charge on any atom is 0.207 e. The van der Waals surface area contributed by atoms with Crippen molar-refractivity contribution in [2.24, 2.45) is 4.99 Å². The fourth-order valence-electron chi connectivity index (χ4n) is 2.13. The molecular weight excluding hydrogens is 296 g/mol. The summed E-state index contributed by atoms with van der Waals surface area (Å²) in [5, 5.41) is 12.8. The van der Waals surface area contributed by atoms with Crippen molar-refractivity contribution in [3.63, 3.8) is 0 Å². The van der Waals surface area contributed by atoms with Gasteiger partial charge in [-0.2, -0.15) is 10.3 Å². The highest BCUT2D eigenvalue weighted by Crippen LogP contribution is 2.14. The van der Waals surface area contributed by atoms with Crippen molar-refractivity contribution in [1.29, 1.82) is 5.26 Å². The molecule has 2 rings (SSSR count). The summed E-state index contributed by atoms with van der Waals surface area (Å²) >= 11 is 6.13. The van der Waals surface area contributed by atoms with E-state index in [-0.39, 0.29) is 0 Å². The molecule has 0 aliphatic rings. The first-order valence-corrected chi connectivity index (χ1v) is 7.42. The van der Waals surface area contributed by atoms with Gasteiger partial charge in [0.1, 0.15) is 5.84 Å². The smallest absolute Gasteiger partial charge is 0.207 e. The first-order valence-electron chi connectivity index (χ1n) is 7.04. The highest BCUT2D eigenvalue weighted by Gasteiger charge is 2.05. The van der Waals surface area contributed by atoms with E-state index in [9.17, 15) is 0 Å². The van der Waals surface area contributed by atoms with Gasteiger partial charge in [0.15, 0.2) is 0 Å². The second kappa shape index (κ2) is 8.16. The largest absolute Gasteiger partial charge is 0.372 e. The number of amidine groups is 1. The summed E-state index contributed by atoms with van der Waals surface area (Å²) in [6.07, 6.45) is 4.94. The van der Waals surface area contributed by atoms with E-state index in [0.29, 0.717) is 18.8 Å². The van der Waals surface area contributed by atoms with E-state index >= 15 is 0 Å². The number of aromatic nitrogens is 1. The quantitative estimate of drug-likeness (QED) is 0.523. The average molecular weight is 313 g/mol. The molecule has 2 aromatic rings. The minimum absolute atomic E-state index is 0.565. The zero-order valence-corrected chi connectivity index (χ0v) is 13.1. The van der Waals surface area contributed by atoms with Gasteiger partial charge in [-0.05, 0) is 36.6 Å². The van der Waals surface area contributed by atoms with Crippen LogP contribution in [0, 0.1) is 18.4 Å². The third-order valence-electron chi connectivity index (χ3n) is 3.34. The number of benzene rings is 1. The molecular formula is C17H17ClN4. The standard InChI is InChI=1S/C17H17ClN4/c1-13-15(6-4-9-20-13)11-17(22-12-19)21-10-8-14-5-2-3-7-16(14)18/h2-7,9H,8,10-11H2,1H3,(H,21,22). The molecule has 0 atom stereocenters. The van der Waals surface area contributed by atoms with Crippen molar-refractivity contribution in [2.75, 3.05) is 6.54 Å². The summed E-state index contributed by atoms with van der Waals surface area (Å²) in [5.74, 6) is 0.644. The Kier molecular flexibility index (Phi) is 5.93. The predicted octanol–water partition coefficient (Wildman–Crippen LogP) is 3.30. The number of aryl methyl sites for hydroxylation is 1. The molecule has 22 heavy (non-hydrogen) atoms. The lowest BCUT2D eigenvalue weighted by Crippen LogP contribution is -2.28. The second-order valence-corrected chi connectivity index (χ2v) is 5.26. The van der Waals surface area contributed by atoms with E-state index in [2.05, 4.69) is 15.3 Å². The van der Waals surface area contributed by atoms with Crippen LogP contribution in [-0.4, -0.2) is 17.4 Å². The van der Waals surface area contributed by atoms with Crippen molar-refractivity contribution in [3.8, 4) is 6.19 Å². The lowest BCUT2D eigenvalue weighted by atomic mass is 10.1. The molecule has 0 unspecified atom stereocenters. The van der Waals surface area contributed by atoms with E-state index < -0.39 is 0 Å². The Bertz CT molecular complexity index is 704. The molecule has 4 nitrogen and oxygen atoms in total. The number of halogens is 1. The topological polar surface area (TPSA) is 61.1 Å². The number of nitrogens with one attached hydrogen (secondary N) is 1. The Hall–Kier alpha value is -2.38. The SMILES string of the molecule is Cc1ncccc1C/C(=N\C#N)NCCc1ccccc1Cl. The highest BCUT2D eigenvalue weighted by molar-refractivity contribution is 6.31. The van der Waals surface area contributed by atoms with E-state index in [1.165, 1.54) is 0 Å². The molecule has 0 saturated carbocycles. The second-order valence-electron chi connectivity index (χ2n) is 4.85. The van der Waals surface area contributed by atoms with E-state index in [0.717, 1.165) is 28.3 Å². The van der Waals surface area contributed by atoms with Crippen LogP contribution in [0.1, 0.15) is 16.8 Å². The van der Waals surface area contributed by atoms with Gasteiger partial charge < -0.3 is 5.32 Å². The first kappa shape index (κ1) is 16.0. The van der Waals surface area contributed by atoms with Gasteiger partial charge >= 0.3 is 0 Å². The monoisotopic (exact) mass is 312 g/mol. The van der Waals surface area contributed by atoms with Gasteiger partial charge in [0.25, 0.3) is 0 Å². The minimum Gasteiger partial charge on any atom is -0.372 e. The van der Waals surface area contributed by atoms with Crippen molar-refractivity contribution in [2.45, 2.75) is 19.8 Å². The summed E-state index contributed by atoms with van der Waals surface area (Å²) in [4.78, 5) is 8.11. The van der Waals surface area contributed by atoms with Crippen LogP contribution in [0.3, 0.4) is 0 Å². The van der Waals surface area contributed by atoms with Gasteiger partial charge in [0.05, 0.1) is 0 Å². The average Bonchev–Trinajstić information content (AvgIpc) is 2.51. The number of pyridine rings is 1. The van der Waals surface area contributed by atoms with Gasteiger partial charge in [-0.3, -0.25) is 4.98 Å². The van der Waals surface area contributed by atoms with Crippen molar-refractivity contribution >= 4 is 17.4 Å². The zero-order valence-electron chi connectivity index (χ0n) is 12.4.